The molecule has 0 radical (unpaired) electrons. The lowest BCUT2D eigenvalue weighted by atomic mass is 9.98. The monoisotopic (exact) mass is 472 g/mol. The Hall–Kier alpha value is -3.22. The number of piperazine rings is 1. The van der Waals surface area contributed by atoms with Crippen LogP contribution in [0.5, 0.6) is 0 Å². The lowest BCUT2D eigenvalue weighted by Crippen LogP contribution is -2.57. The van der Waals surface area contributed by atoms with E-state index < -0.39 is 5.97 Å². The van der Waals surface area contributed by atoms with Crippen LogP contribution in [0.2, 0.25) is 0 Å². The Morgan fingerprint density at radius 2 is 1.91 bits per heavy atom. The van der Waals surface area contributed by atoms with E-state index in [1.807, 2.05) is 18.2 Å². The van der Waals surface area contributed by atoms with E-state index >= 15 is 0 Å². The Balaban J connectivity index is 1.32. The third-order valence-corrected chi connectivity index (χ3v) is 7.85. The first-order chi connectivity index (χ1) is 17.0. The molecule has 1 amide bonds. The van der Waals surface area contributed by atoms with Gasteiger partial charge in [-0.3, -0.25) is 9.78 Å². The Labute approximate surface area is 205 Å². The van der Waals surface area contributed by atoms with Crippen LogP contribution in [0.15, 0.2) is 31.0 Å². The van der Waals surface area contributed by atoms with Gasteiger partial charge >= 0.3 is 5.97 Å². The van der Waals surface area contributed by atoms with Gasteiger partial charge in [0.1, 0.15) is 11.4 Å². The summed E-state index contributed by atoms with van der Waals surface area (Å²) in [7, 11) is 0. The van der Waals surface area contributed by atoms with Crippen molar-refractivity contribution in [2.45, 2.75) is 56.9 Å². The second kappa shape index (κ2) is 8.77. The van der Waals surface area contributed by atoms with Crippen LogP contribution in [0.3, 0.4) is 0 Å². The molecule has 0 aromatic carbocycles. The van der Waals surface area contributed by atoms with E-state index in [2.05, 4.69) is 21.4 Å². The van der Waals surface area contributed by atoms with Crippen molar-refractivity contribution in [2.24, 2.45) is 11.8 Å². The number of carboxylic acids is 1. The molecule has 1 atom stereocenters. The zero-order valence-corrected chi connectivity index (χ0v) is 20.0. The van der Waals surface area contributed by atoms with Gasteiger partial charge in [-0.05, 0) is 86.3 Å². The maximum atomic E-state index is 12.9. The molecule has 3 saturated carbocycles. The van der Waals surface area contributed by atoms with E-state index in [4.69, 9.17) is 4.98 Å². The molecule has 2 aromatic heterocycles. The maximum absolute atomic E-state index is 12.9. The van der Waals surface area contributed by atoms with Crippen molar-refractivity contribution in [3.8, 4) is 0 Å². The summed E-state index contributed by atoms with van der Waals surface area (Å²) in [5.41, 5.74) is 4.16. The Bertz CT molecular complexity index is 1180. The molecule has 3 heterocycles. The van der Waals surface area contributed by atoms with E-state index in [0.717, 1.165) is 61.0 Å². The highest BCUT2D eigenvalue weighted by Gasteiger charge is 2.45. The summed E-state index contributed by atoms with van der Waals surface area (Å²) in [6.45, 7) is 5.76. The van der Waals surface area contributed by atoms with E-state index in [1.165, 1.54) is 0 Å². The Morgan fingerprint density at radius 3 is 2.57 bits per heavy atom. The molecule has 0 spiro atoms. The first-order valence-corrected chi connectivity index (χ1v) is 12.9. The lowest BCUT2D eigenvalue weighted by molar-refractivity contribution is -0.135. The molecule has 3 aliphatic carbocycles. The number of anilines is 1. The van der Waals surface area contributed by atoms with E-state index in [0.29, 0.717) is 49.6 Å². The standard InChI is InChI=1S/C28H32N4O3/c1-2-22-14-17(9-10-29-22)13-21-15-23(28(34)35)26(30-25(21)19-5-6-19)31-11-12-32(27(33)20-7-8-20)24(16-31)18-3-4-18/h2,9-10,14-15,18-20,24H,1,3-8,11-13,16H2,(H,34,35)/t24-/m0/s1. The molecule has 7 nitrogen and oxygen atoms in total. The van der Waals surface area contributed by atoms with E-state index in [1.54, 1.807) is 12.3 Å². The van der Waals surface area contributed by atoms with Crippen LogP contribution in [0.1, 0.15) is 77.3 Å². The third kappa shape index (κ3) is 4.56. The van der Waals surface area contributed by atoms with Gasteiger partial charge < -0.3 is 14.9 Å². The van der Waals surface area contributed by atoms with Crippen LogP contribution in [-0.2, 0) is 11.2 Å². The number of nitrogens with zero attached hydrogens (tertiary/aromatic N) is 4. The molecule has 1 N–H and O–H groups in total. The van der Waals surface area contributed by atoms with Gasteiger partial charge in [-0.25, -0.2) is 9.78 Å². The van der Waals surface area contributed by atoms with Crippen LogP contribution in [0.4, 0.5) is 5.82 Å². The first-order valence-electron chi connectivity index (χ1n) is 12.9. The summed E-state index contributed by atoms with van der Waals surface area (Å²) in [5.74, 6) is 1.07. The number of aromatic nitrogens is 2. The SMILES string of the molecule is C=Cc1cc(Cc2cc(C(=O)O)c(N3CCN(C(=O)C4CC4)[C@H](C4CC4)C3)nc2C2CC2)ccn1. The van der Waals surface area contributed by atoms with Gasteiger partial charge in [-0.2, -0.15) is 0 Å². The van der Waals surface area contributed by atoms with Crippen molar-refractivity contribution < 1.29 is 14.7 Å². The molecule has 35 heavy (non-hydrogen) atoms. The topological polar surface area (TPSA) is 86.6 Å². The van der Waals surface area contributed by atoms with Gasteiger partial charge in [-0.1, -0.05) is 6.58 Å². The van der Waals surface area contributed by atoms with Crippen molar-refractivity contribution in [1.29, 1.82) is 0 Å². The number of carboxylic acid groups (broad SMARTS) is 1. The molecule has 1 saturated heterocycles. The Kier molecular flexibility index (Phi) is 5.58. The zero-order chi connectivity index (χ0) is 24.1. The van der Waals surface area contributed by atoms with Gasteiger partial charge in [0.05, 0.1) is 11.7 Å². The summed E-state index contributed by atoms with van der Waals surface area (Å²) in [6.07, 6.45) is 10.6. The lowest BCUT2D eigenvalue weighted by Gasteiger charge is -2.43. The molecule has 0 bridgehead atoms. The predicted molar refractivity (Wildman–Crippen MR) is 133 cm³/mol. The maximum Gasteiger partial charge on any atom is 0.339 e. The zero-order valence-electron chi connectivity index (χ0n) is 20.0. The fraction of sp³-hybridized carbons (Fsp3) is 0.500. The van der Waals surface area contributed by atoms with Gasteiger partial charge in [0.15, 0.2) is 0 Å². The van der Waals surface area contributed by atoms with Gasteiger partial charge in [0.2, 0.25) is 5.91 Å². The smallest absolute Gasteiger partial charge is 0.339 e. The minimum Gasteiger partial charge on any atom is -0.478 e. The molecule has 4 fully saturated rings. The summed E-state index contributed by atoms with van der Waals surface area (Å²) >= 11 is 0. The molecule has 7 heteroatoms. The molecule has 4 aliphatic rings. The average Bonchev–Trinajstić information content (AvgIpc) is 3.73. The number of amides is 1. The number of pyridine rings is 2. The highest BCUT2D eigenvalue weighted by Crippen LogP contribution is 2.44. The predicted octanol–water partition coefficient (Wildman–Crippen LogP) is 4.12. The summed E-state index contributed by atoms with van der Waals surface area (Å²) in [5, 5.41) is 10.2. The van der Waals surface area contributed by atoms with Crippen molar-refractivity contribution >= 4 is 23.8 Å². The molecule has 6 rings (SSSR count). The van der Waals surface area contributed by atoms with Crippen molar-refractivity contribution in [3.05, 3.63) is 59.1 Å². The molecule has 0 unspecified atom stereocenters. The van der Waals surface area contributed by atoms with Gasteiger partial charge in [-0.15, -0.1) is 0 Å². The fourth-order valence-corrected chi connectivity index (χ4v) is 5.47. The van der Waals surface area contributed by atoms with Crippen molar-refractivity contribution in [1.82, 2.24) is 14.9 Å². The highest BCUT2D eigenvalue weighted by molar-refractivity contribution is 5.94. The second-order valence-electron chi connectivity index (χ2n) is 10.6. The number of carbonyl (C=O) groups excluding carboxylic acids is 1. The van der Waals surface area contributed by atoms with Crippen molar-refractivity contribution in [2.75, 3.05) is 24.5 Å². The quantitative estimate of drug-likeness (QED) is 0.622. The Morgan fingerprint density at radius 1 is 1.11 bits per heavy atom. The van der Waals surface area contributed by atoms with Crippen LogP contribution in [0.25, 0.3) is 6.08 Å². The molecular formula is C28H32N4O3. The van der Waals surface area contributed by atoms with E-state index in [-0.39, 0.29) is 17.5 Å². The minimum atomic E-state index is -0.947. The summed E-state index contributed by atoms with van der Waals surface area (Å²) in [4.78, 5) is 38.9. The first kappa shape index (κ1) is 22.3. The number of rotatable bonds is 8. The fourth-order valence-electron chi connectivity index (χ4n) is 5.47. The number of hydrogen-bond donors (Lipinski definition) is 1. The van der Waals surface area contributed by atoms with E-state index in [9.17, 15) is 14.7 Å². The highest BCUT2D eigenvalue weighted by atomic mass is 16.4. The normalized spacial score (nSPS) is 22.2. The number of carbonyl (C=O) groups is 2. The van der Waals surface area contributed by atoms with Gasteiger partial charge in [0.25, 0.3) is 0 Å². The average molecular weight is 473 g/mol. The van der Waals surface area contributed by atoms with Crippen LogP contribution >= 0.6 is 0 Å². The van der Waals surface area contributed by atoms with Crippen LogP contribution in [-0.4, -0.2) is 57.5 Å². The minimum absolute atomic E-state index is 0.165. The second-order valence-corrected chi connectivity index (χ2v) is 10.6. The molecule has 182 valence electrons. The molecular weight excluding hydrogens is 440 g/mol. The molecule has 2 aromatic rings. The third-order valence-electron chi connectivity index (χ3n) is 7.85. The van der Waals surface area contributed by atoms with Crippen LogP contribution in [0, 0.1) is 11.8 Å². The number of aromatic carboxylic acids is 1. The van der Waals surface area contributed by atoms with Gasteiger partial charge in [0, 0.05) is 43.4 Å². The largest absolute Gasteiger partial charge is 0.478 e. The number of hydrogen-bond acceptors (Lipinski definition) is 5. The summed E-state index contributed by atoms with van der Waals surface area (Å²) in [6, 6.07) is 5.97. The van der Waals surface area contributed by atoms with Crippen molar-refractivity contribution in [3.63, 3.8) is 0 Å². The summed E-state index contributed by atoms with van der Waals surface area (Å²) < 4.78 is 0. The van der Waals surface area contributed by atoms with Crippen LogP contribution < -0.4 is 4.90 Å². The molecule has 1 aliphatic heterocycles.